The first-order valence-electron chi connectivity index (χ1n) is 7.44. The molecule has 21 heavy (non-hydrogen) atoms. The Morgan fingerprint density at radius 1 is 1.29 bits per heavy atom. The van der Waals surface area contributed by atoms with E-state index in [0.717, 1.165) is 38.0 Å². The number of piperidine rings is 1. The van der Waals surface area contributed by atoms with Gasteiger partial charge in [0.25, 0.3) is 0 Å². The van der Waals surface area contributed by atoms with Crippen LogP contribution in [0, 0.1) is 5.92 Å². The summed E-state index contributed by atoms with van der Waals surface area (Å²) in [6, 6.07) is 4.22. The Morgan fingerprint density at radius 2 is 1.95 bits per heavy atom. The minimum atomic E-state index is 0.289. The zero-order valence-electron chi connectivity index (χ0n) is 13.1. The van der Waals surface area contributed by atoms with Crippen LogP contribution in [0.5, 0.6) is 11.5 Å². The maximum atomic E-state index is 6.44. The van der Waals surface area contributed by atoms with Gasteiger partial charge in [0.15, 0.2) is 11.5 Å². The number of ether oxygens (including phenoxy) is 2. The van der Waals surface area contributed by atoms with Gasteiger partial charge in [0, 0.05) is 12.6 Å². The number of nitrogens with zero attached hydrogens (tertiary/aromatic N) is 1. The van der Waals surface area contributed by atoms with Crippen molar-refractivity contribution in [2.45, 2.75) is 32.4 Å². The highest BCUT2D eigenvalue weighted by molar-refractivity contribution is 6.33. The molecule has 0 amide bonds. The van der Waals surface area contributed by atoms with E-state index >= 15 is 0 Å². The van der Waals surface area contributed by atoms with Gasteiger partial charge in [-0.25, -0.2) is 0 Å². The Bertz CT molecular complexity index is 472. The predicted octanol–water partition coefficient (Wildman–Crippen LogP) is 2.92. The highest BCUT2D eigenvalue weighted by Crippen LogP contribution is 2.38. The van der Waals surface area contributed by atoms with E-state index in [9.17, 15) is 0 Å². The number of nitrogens with two attached hydrogens (primary N) is 1. The van der Waals surface area contributed by atoms with Crippen molar-refractivity contribution in [2.24, 2.45) is 11.7 Å². The minimum absolute atomic E-state index is 0.289. The Hall–Kier alpha value is -0.970. The summed E-state index contributed by atoms with van der Waals surface area (Å²) >= 11 is 6.44. The Kier molecular flexibility index (Phi) is 5.73. The predicted molar refractivity (Wildman–Crippen MR) is 86.2 cm³/mol. The van der Waals surface area contributed by atoms with E-state index in [1.807, 2.05) is 12.1 Å². The standard InChI is InChI=1S/C16H25ClN2O2/c1-11(18)12-6-8-19(9-7-12)10-13-4-5-14(20-2)16(21-3)15(13)17/h4-5,11-12H,6-10,18H2,1-3H3. The van der Waals surface area contributed by atoms with Crippen molar-refractivity contribution in [3.05, 3.63) is 22.7 Å². The zero-order valence-corrected chi connectivity index (χ0v) is 13.8. The minimum Gasteiger partial charge on any atom is -0.493 e. The molecule has 0 radical (unpaired) electrons. The summed E-state index contributed by atoms with van der Waals surface area (Å²) in [5.41, 5.74) is 7.07. The monoisotopic (exact) mass is 312 g/mol. The van der Waals surface area contributed by atoms with Crippen LogP contribution in [-0.2, 0) is 6.54 Å². The quantitative estimate of drug-likeness (QED) is 0.908. The highest BCUT2D eigenvalue weighted by Gasteiger charge is 2.23. The van der Waals surface area contributed by atoms with Crippen molar-refractivity contribution in [2.75, 3.05) is 27.3 Å². The normalized spacial score (nSPS) is 18.5. The van der Waals surface area contributed by atoms with Gasteiger partial charge < -0.3 is 15.2 Å². The van der Waals surface area contributed by atoms with Crippen molar-refractivity contribution in [1.82, 2.24) is 4.90 Å². The molecular weight excluding hydrogens is 288 g/mol. The average Bonchev–Trinajstić information content (AvgIpc) is 2.49. The lowest BCUT2D eigenvalue weighted by atomic mass is 9.91. The molecule has 1 aromatic carbocycles. The lowest BCUT2D eigenvalue weighted by Crippen LogP contribution is -2.39. The van der Waals surface area contributed by atoms with Gasteiger partial charge in [0.05, 0.1) is 19.2 Å². The first-order valence-corrected chi connectivity index (χ1v) is 7.82. The van der Waals surface area contributed by atoms with E-state index in [-0.39, 0.29) is 6.04 Å². The number of benzene rings is 1. The van der Waals surface area contributed by atoms with E-state index in [0.29, 0.717) is 22.4 Å². The summed E-state index contributed by atoms with van der Waals surface area (Å²) < 4.78 is 10.6. The second-order valence-corrected chi connectivity index (χ2v) is 6.12. The van der Waals surface area contributed by atoms with Crippen LogP contribution in [0.4, 0.5) is 0 Å². The van der Waals surface area contributed by atoms with Crippen molar-refractivity contribution < 1.29 is 9.47 Å². The Labute approximate surface area is 132 Å². The summed E-state index contributed by atoms with van der Waals surface area (Å²) in [5, 5.41) is 0.645. The maximum absolute atomic E-state index is 6.44. The summed E-state index contributed by atoms with van der Waals surface area (Å²) in [6.45, 7) is 5.07. The molecular formula is C16H25ClN2O2. The van der Waals surface area contributed by atoms with Crippen LogP contribution in [0.15, 0.2) is 12.1 Å². The van der Waals surface area contributed by atoms with Crippen LogP contribution in [0.1, 0.15) is 25.3 Å². The SMILES string of the molecule is COc1ccc(CN2CCC(C(C)N)CC2)c(Cl)c1OC. The number of likely N-dealkylation sites (tertiary alicyclic amines) is 1. The molecule has 0 bridgehead atoms. The van der Waals surface area contributed by atoms with Gasteiger partial charge >= 0.3 is 0 Å². The van der Waals surface area contributed by atoms with Crippen molar-refractivity contribution in [3.8, 4) is 11.5 Å². The van der Waals surface area contributed by atoms with E-state index in [1.54, 1.807) is 14.2 Å². The number of hydrogen-bond acceptors (Lipinski definition) is 4. The first kappa shape index (κ1) is 16.4. The third-order valence-electron chi connectivity index (χ3n) is 4.33. The molecule has 0 saturated carbocycles. The second kappa shape index (κ2) is 7.34. The largest absolute Gasteiger partial charge is 0.493 e. The molecule has 1 aromatic rings. The van der Waals surface area contributed by atoms with E-state index < -0.39 is 0 Å². The Morgan fingerprint density at radius 3 is 2.48 bits per heavy atom. The highest BCUT2D eigenvalue weighted by atomic mass is 35.5. The average molecular weight is 313 g/mol. The lowest BCUT2D eigenvalue weighted by molar-refractivity contribution is 0.165. The van der Waals surface area contributed by atoms with Crippen LogP contribution >= 0.6 is 11.6 Å². The molecule has 1 atom stereocenters. The maximum Gasteiger partial charge on any atom is 0.179 e. The number of hydrogen-bond donors (Lipinski definition) is 1. The topological polar surface area (TPSA) is 47.7 Å². The number of rotatable bonds is 5. The lowest BCUT2D eigenvalue weighted by Gasteiger charge is -2.34. The number of halogens is 1. The molecule has 0 spiro atoms. The van der Waals surface area contributed by atoms with E-state index in [4.69, 9.17) is 26.8 Å². The van der Waals surface area contributed by atoms with Crippen LogP contribution in [-0.4, -0.2) is 38.3 Å². The van der Waals surface area contributed by atoms with Crippen LogP contribution in [0.3, 0.4) is 0 Å². The molecule has 1 fully saturated rings. The summed E-state index contributed by atoms with van der Waals surface area (Å²) in [6.07, 6.45) is 2.31. The fourth-order valence-corrected chi connectivity index (χ4v) is 3.22. The third kappa shape index (κ3) is 3.82. The van der Waals surface area contributed by atoms with Gasteiger partial charge in [0.1, 0.15) is 0 Å². The molecule has 0 aliphatic carbocycles. The smallest absolute Gasteiger partial charge is 0.179 e. The fourth-order valence-electron chi connectivity index (χ4n) is 2.93. The second-order valence-electron chi connectivity index (χ2n) is 5.75. The van der Waals surface area contributed by atoms with E-state index in [2.05, 4.69) is 11.8 Å². The van der Waals surface area contributed by atoms with Crippen LogP contribution in [0.25, 0.3) is 0 Å². The summed E-state index contributed by atoms with van der Waals surface area (Å²) in [7, 11) is 3.23. The third-order valence-corrected chi connectivity index (χ3v) is 4.75. The van der Waals surface area contributed by atoms with Gasteiger partial charge in [-0.05, 0) is 50.4 Å². The van der Waals surface area contributed by atoms with Crippen LogP contribution < -0.4 is 15.2 Å². The summed E-state index contributed by atoms with van der Waals surface area (Å²) in [4.78, 5) is 2.42. The number of methoxy groups -OCH3 is 2. The molecule has 1 unspecified atom stereocenters. The van der Waals surface area contributed by atoms with Gasteiger partial charge in [0.2, 0.25) is 0 Å². The molecule has 1 heterocycles. The van der Waals surface area contributed by atoms with Gasteiger partial charge in [-0.1, -0.05) is 17.7 Å². The zero-order chi connectivity index (χ0) is 15.4. The molecule has 5 heteroatoms. The van der Waals surface area contributed by atoms with Gasteiger partial charge in [-0.3, -0.25) is 4.90 Å². The molecule has 4 nitrogen and oxygen atoms in total. The Balaban J connectivity index is 2.04. The fraction of sp³-hybridized carbons (Fsp3) is 0.625. The first-order chi connectivity index (χ1) is 10.1. The molecule has 118 valence electrons. The van der Waals surface area contributed by atoms with Gasteiger partial charge in [-0.15, -0.1) is 0 Å². The molecule has 1 aliphatic rings. The molecule has 1 aliphatic heterocycles. The molecule has 2 rings (SSSR count). The van der Waals surface area contributed by atoms with Crippen molar-refractivity contribution in [3.63, 3.8) is 0 Å². The summed E-state index contributed by atoms with van der Waals surface area (Å²) in [5.74, 6) is 1.92. The van der Waals surface area contributed by atoms with Gasteiger partial charge in [-0.2, -0.15) is 0 Å². The molecule has 0 aromatic heterocycles. The molecule has 2 N–H and O–H groups in total. The van der Waals surface area contributed by atoms with E-state index in [1.165, 1.54) is 0 Å². The van der Waals surface area contributed by atoms with Crippen molar-refractivity contribution in [1.29, 1.82) is 0 Å². The van der Waals surface area contributed by atoms with Crippen molar-refractivity contribution >= 4 is 11.6 Å². The van der Waals surface area contributed by atoms with Crippen LogP contribution in [0.2, 0.25) is 5.02 Å². The molecule has 1 saturated heterocycles.